The predicted octanol–water partition coefficient (Wildman–Crippen LogP) is 12.7. The molecule has 10 rings (SSSR count). The summed E-state index contributed by atoms with van der Waals surface area (Å²) in [5.74, 6) is 0.722. The molecular weight excluding hydrogens is 617 g/mol. The summed E-state index contributed by atoms with van der Waals surface area (Å²) in [5.41, 5.74) is 16.7. The summed E-state index contributed by atoms with van der Waals surface area (Å²) in [7, 11) is 0. The normalized spacial score (nSPS) is 11.8. The molecule has 0 amide bonds. The minimum absolute atomic E-state index is 0.722. The minimum atomic E-state index is 0.722. The zero-order chi connectivity index (χ0) is 33.7. The highest BCUT2D eigenvalue weighted by Crippen LogP contribution is 2.42. The number of fused-ring (bicyclic) bond motifs is 6. The van der Waals surface area contributed by atoms with Crippen molar-refractivity contribution in [3.8, 4) is 67.2 Å². The third-order valence-corrected chi connectivity index (χ3v) is 10.4. The second-order valence-corrected chi connectivity index (χ2v) is 13.3. The number of hydrogen-bond donors (Lipinski definition) is 0. The van der Waals surface area contributed by atoms with Gasteiger partial charge in [0.2, 0.25) is 0 Å². The number of para-hydroxylation sites is 1. The molecule has 51 heavy (non-hydrogen) atoms. The number of hydrogen-bond acceptors (Lipinski definition) is 2. The number of rotatable bonds is 5. The molecule has 0 fully saturated rings. The first-order valence-corrected chi connectivity index (χ1v) is 17.5. The van der Waals surface area contributed by atoms with Crippen molar-refractivity contribution in [1.29, 1.82) is 0 Å². The van der Waals surface area contributed by atoms with E-state index in [2.05, 4.69) is 176 Å². The molecule has 0 bridgehead atoms. The van der Waals surface area contributed by atoms with Gasteiger partial charge in [0.05, 0.1) is 11.2 Å². The molecular formula is C49H32N2. The fourth-order valence-electron chi connectivity index (χ4n) is 7.80. The van der Waals surface area contributed by atoms with E-state index in [1.807, 2.05) is 6.07 Å². The van der Waals surface area contributed by atoms with Gasteiger partial charge in [-0.05, 0) is 85.0 Å². The summed E-state index contributed by atoms with van der Waals surface area (Å²) >= 11 is 0. The van der Waals surface area contributed by atoms with E-state index in [0.717, 1.165) is 51.1 Å². The van der Waals surface area contributed by atoms with Gasteiger partial charge in [0.25, 0.3) is 0 Å². The molecule has 0 aliphatic heterocycles. The van der Waals surface area contributed by atoms with E-state index in [-0.39, 0.29) is 0 Å². The Hall–Kier alpha value is -6.64. The third kappa shape index (κ3) is 5.12. The van der Waals surface area contributed by atoms with Gasteiger partial charge in [0, 0.05) is 16.5 Å². The van der Waals surface area contributed by atoms with Gasteiger partial charge in [0.15, 0.2) is 5.82 Å². The summed E-state index contributed by atoms with van der Waals surface area (Å²) in [6, 6.07) is 65.2. The quantitative estimate of drug-likeness (QED) is 0.186. The summed E-state index contributed by atoms with van der Waals surface area (Å²) in [6.07, 6.45) is 0.984. The van der Waals surface area contributed by atoms with Crippen LogP contribution in [0.3, 0.4) is 0 Å². The van der Waals surface area contributed by atoms with Crippen LogP contribution < -0.4 is 0 Å². The molecule has 2 heteroatoms. The van der Waals surface area contributed by atoms with E-state index in [1.54, 1.807) is 0 Å². The number of benzene rings is 8. The largest absolute Gasteiger partial charge is 0.228 e. The van der Waals surface area contributed by atoms with Crippen LogP contribution >= 0.6 is 0 Å². The zero-order valence-corrected chi connectivity index (χ0v) is 27.9. The van der Waals surface area contributed by atoms with Crippen molar-refractivity contribution in [3.63, 3.8) is 0 Å². The van der Waals surface area contributed by atoms with Gasteiger partial charge in [-0.3, -0.25) is 0 Å². The van der Waals surface area contributed by atoms with E-state index in [9.17, 15) is 0 Å². The van der Waals surface area contributed by atoms with Crippen LogP contribution in [-0.4, -0.2) is 9.97 Å². The van der Waals surface area contributed by atoms with Gasteiger partial charge >= 0.3 is 0 Å². The first-order valence-electron chi connectivity index (χ1n) is 17.5. The van der Waals surface area contributed by atoms with Gasteiger partial charge in [0.1, 0.15) is 0 Å². The third-order valence-electron chi connectivity index (χ3n) is 10.4. The Balaban J connectivity index is 1.01. The lowest BCUT2D eigenvalue weighted by Gasteiger charge is -2.13. The lowest BCUT2D eigenvalue weighted by molar-refractivity contribution is 1.23. The SMILES string of the molecule is c1ccc(-c2ccc(-c3cccc(-c4nc(-c5ccc(-c6cccc7c8c(ccc67)-c6ccccc6C8)cc5)c5ccccc5n4)c3)cc2)cc1. The number of nitrogens with zero attached hydrogens (tertiary/aromatic N) is 2. The van der Waals surface area contributed by atoms with Crippen molar-refractivity contribution in [2.24, 2.45) is 0 Å². The van der Waals surface area contributed by atoms with Crippen LogP contribution in [0.15, 0.2) is 182 Å². The Labute approximate surface area is 297 Å². The van der Waals surface area contributed by atoms with E-state index in [0.29, 0.717) is 0 Å². The van der Waals surface area contributed by atoms with Crippen LogP contribution in [0.1, 0.15) is 11.1 Å². The van der Waals surface area contributed by atoms with E-state index >= 15 is 0 Å². The maximum absolute atomic E-state index is 5.23. The van der Waals surface area contributed by atoms with E-state index < -0.39 is 0 Å². The molecule has 0 saturated carbocycles. The van der Waals surface area contributed by atoms with Crippen molar-refractivity contribution in [2.75, 3.05) is 0 Å². The summed E-state index contributed by atoms with van der Waals surface area (Å²) in [4.78, 5) is 10.3. The Morgan fingerprint density at radius 3 is 1.80 bits per heavy atom. The summed E-state index contributed by atoms with van der Waals surface area (Å²) in [6.45, 7) is 0. The van der Waals surface area contributed by atoms with Crippen molar-refractivity contribution in [3.05, 3.63) is 193 Å². The second kappa shape index (κ2) is 12.0. The number of aromatic nitrogens is 2. The first kappa shape index (κ1) is 29.3. The van der Waals surface area contributed by atoms with Crippen molar-refractivity contribution in [2.45, 2.75) is 6.42 Å². The fourth-order valence-corrected chi connectivity index (χ4v) is 7.80. The molecule has 1 heterocycles. The van der Waals surface area contributed by atoms with Gasteiger partial charge in [-0.25, -0.2) is 9.97 Å². The highest BCUT2D eigenvalue weighted by Gasteiger charge is 2.21. The average molecular weight is 649 g/mol. The van der Waals surface area contributed by atoms with E-state index in [1.165, 1.54) is 55.3 Å². The van der Waals surface area contributed by atoms with Crippen LogP contribution in [0, 0.1) is 0 Å². The molecule has 2 nitrogen and oxygen atoms in total. The molecule has 1 aliphatic carbocycles. The maximum Gasteiger partial charge on any atom is 0.160 e. The standard InChI is InChI=1S/C49H32N2/c1-2-10-32(11-3-1)33-20-22-34(23-21-33)37-13-8-14-39(30-37)49-50-47-19-7-6-16-45(47)48(51-49)36-26-24-35(25-27-36)40-17-9-18-42-43(40)28-29-44-41-15-5-4-12-38(41)31-46(42)44/h1-30H,31H2. The van der Waals surface area contributed by atoms with Crippen LogP contribution in [-0.2, 0) is 6.42 Å². The smallest absolute Gasteiger partial charge is 0.160 e. The lowest BCUT2D eigenvalue weighted by Crippen LogP contribution is -1.95. The molecule has 0 N–H and O–H groups in total. The van der Waals surface area contributed by atoms with Crippen LogP contribution in [0.5, 0.6) is 0 Å². The molecule has 0 atom stereocenters. The van der Waals surface area contributed by atoms with Gasteiger partial charge in [-0.15, -0.1) is 0 Å². The van der Waals surface area contributed by atoms with Gasteiger partial charge < -0.3 is 0 Å². The molecule has 0 radical (unpaired) electrons. The maximum atomic E-state index is 5.23. The first-order chi connectivity index (χ1) is 25.3. The zero-order valence-electron chi connectivity index (χ0n) is 27.9. The molecule has 8 aromatic carbocycles. The molecule has 1 aromatic heterocycles. The molecule has 0 unspecified atom stereocenters. The van der Waals surface area contributed by atoms with Crippen molar-refractivity contribution < 1.29 is 0 Å². The minimum Gasteiger partial charge on any atom is -0.228 e. The second-order valence-electron chi connectivity index (χ2n) is 13.3. The Morgan fingerprint density at radius 1 is 0.333 bits per heavy atom. The van der Waals surface area contributed by atoms with Crippen LogP contribution in [0.25, 0.3) is 88.8 Å². The van der Waals surface area contributed by atoms with Gasteiger partial charge in [-0.2, -0.15) is 0 Å². The molecule has 238 valence electrons. The Kier molecular flexibility index (Phi) is 6.92. The molecule has 9 aromatic rings. The summed E-state index contributed by atoms with van der Waals surface area (Å²) in [5, 5.41) is 3.68. The van der Waals surface area contributed by atoms with Crippen molar-refractivity contribution in [1.82, 2.24) is 9.97 Å². The monoisotopic (exact) mass is 648 g/mol. The Bertz CT molecular complexity index is 2740. The molecule has 0 saturated heterocycles. The average Bonchev–Trinajstić information content (AvgIpc) is 3.60. The van der Waals surface area contributed by atoms with Crippen LogP contribution in [0.2, 0.25) is 0 Å². The predicted molar refractivity (Wildman–Crippen MR) is 212 cm³/mol. The molecule has 1 aliphatic rings. The lowest BCUT2D eigenvalue weighted by atomic mass is 9.92. The highest BCUT2D eigenvalue weighted by molar-refractivity contribution is 6.03. The van der Waals surface area contributed by atoms with Crippen molar-refractivity contribution >= 4 is 21.7 Å². The van der Waals surface area contributed by atoms with Gasteiger partial charge in [-0.1, -0.05) is 170 Å². The molecule has 0 spiro atoms. The fraction of sp³-hybridized carbons (Fsp3) is 0.0204. The highest BCUT2D eigenvalue weighted by atomic mass is 14.9. The van der Waals surface area contributed by atoms with Crippen LogP contribution in [0.4, 0.5) is 0 Å². The van der Waals surface area contributed by atoms with E-state index in [4.69, 9.17) is 9.97 Å². The topological polar surface area (TPSA) is 25.8 Å². The Morgan fingerprint density at radius 2 is 0.941 bits per heavy atom. The summed E-state index contributed by atoms with van der Waals surface area (Å²) < 4.78 is 0.